The molecule has 3 N–H and O–H groups in total. The van der Waals surface area contributed by atoms with E-state index in [-0.39, 0.29) is 24.1 Å². The maximum absolute atomic E-state index is 13.1. The van der Waals surface area contributed by atoms with E-state index in [2.05, 4.69) is 27.5 Å². The van der Waals surface area contributed by atoms with Crippen molar-refractivity contribution in [3.05, 3.63) is 53.6 Å². The van der Waals surface area contributed by atoms with Crippen LogP contribution in [0, 0.1) is 6.92 Å². The van der Waals surface area contributed by atoms with Gasteiger partial charge in [-0.3, -0.25) is 25.2 Å². The number of carbonyl (C=O) groups is 2. The molecule has 33 heavy (non-hydrogen) atoms. The molecule has 0 aromatic heterocycles. The van der Waals surface area contributed by atoms with Gasteiger partial charge in [0.1, 0.15) is 0 Å². The van der Waals surface area contributed by atoms with Crippen LogP contribution in [0.3, 0.4) is 0 Å². The van der Waals surface area contributed by atoms with Crippen molar-refractivity contribution in [1.29, 1.82) is 0 Å². The Hall–Kier alpha value is -2.81. The summed E-state index contributed by atoms with van der Waals surface area (Å²) in [6.07, 6.45) is 6.76. The molecule has 0 radical (unpaired) electrons. The molecule has 0 saturated carbocycles. The molecule has 1 fully saturated rings. The molecule has 2 rings (SSSR count). The number of carbonyl (C=O) groups excluding carboxylic acids is 2. The molecule has 8 nitrogen and oxygen atoms in total. The third kappa shape index (κ3) is 8.92. The lowest BCUT2D eigenvalue weighted by Crippen LogP contribution is -2.53. The van der Waals surface area contributed by atoms with Crippen LogP contribution in [-0.2, 0) is 4.79 Å². The third-order valence-corrected chi connectivity index (χ3v) is 5.29. The number of likely N-dealkylation sites (N-methyl/N-ethyl adjacent to an activating group) is 1. The van der Waals surface area contributed by atoms with E-state index in [1.807, 2.05) is 56.9 Å². The first-order valence-corrected chi connectivity index (χ1v) is 11.3. The Kier molecular flexibility index (Phi) is 10.4. The van der Waals surface area contributed by atoms with Gasteiger partial charge in [-0.15, -0.1) is 0 Å². The number of nitrogens with zero attached hydrogens (tertiary/aromatic N) is 3. The van der Waals surface area contributed by atoms with Gasteiger partial charge in [-0.05, 0) is 77.2 Å². The Bertz CT molecular complexity index is 893. The zero-order valence-electron chi connectivity index (χ0n) is 20.5. The van der Waals surface area contributed by atoms with Gasteiger partial charge in [0.15, 0.2) is 6.29 Å². The van der Waals surface area contributed by atoms with Crippen molar-refractivity contribution in [2.75, 3.05) is 46.1 Å². The van der Waals surface area contributed by atoms with E-state index in [1.54, 1.807) is 18.3 Å². The van der Waals surface area contributed by atoms with E-state index >= 15 is 0 Å². The molecule has 2 atom stereocenters. The molecule has 0 bridgehead atoms. The maximum Gasteiger partial charge on any atom is 0.253 e. The number of piperidine rings is 1. The summed E-state index contributed by atoms with van der Waals surface area (Å²) in [4.78, 5) is 33.6. The van der Waals surface area contributed by atoms with Gasteiger partial charge in [0.25, 0.3) is 5.91 Å². The van der Waals surface area contributed by atoms with Crippen molar-refractivity contribution in [2.45, 2.75) is 39.0 Å². The van der Waals surface area contributed by atoms with Gasteiger partial charge in [0, 0.05) is 49.2 Å². The highest BCUT2D eigenvalue weighted by atomic mass is 16.2. The van der Waals surface area contributed by atoms with E-state index in [4.69, 9.17) is 0 Å². The second kappa shape index (κ2) is 13.0. The van der Waals surface area contributed by atoms with Crippen molar-refractivity contribution in [3.8, 4) is 0 Å². The van der Waals surface area contributed by atoms with Gasteiger partial charge in [-0.1, -0.05) is 12.7 Å². The normalized spacial score (nSPS) is 17.6. The SMILES string of the molecule is C=C(C)/C=N\C(NC)N[C@H]1CCCN(C(=O)c2ccc(NC(=O)/C=C/CN(C)C)c(C)c2)C1. The smallest absolute Gasteiger partial charge is 0.253 e. The lowest BCUT2D eigenvalue weighted by Gasteiger charge is -2.34. The lowest BCUT2D eigenvalue weighted by atomic mass is 10.0. The number of hydrogen-bond donors (Lipinski definition) is 3. The number of likely N-dealkylation sites (tertiary alicyclic amines) is 1. The summed E-state index contributed by atoms with van der Waals surface area (Å²) in [5, 5.41) is 9.47. The minimum Gasteiger partial charge on any atom is -0.337 e. The van der Waals surface area contributed by atoms with Crippen LogP contribution in [0.5, 0.6) is 0 Å². The maximum atomic E-state index is 13.1. The largest absolute Gasteiger partial charge is 0.337 e. The van der Waals surface area contributed by atoms with Crippen molar-refractivity contribution in [2.24, 2.45) is 4.99 Å². The highest BCUT2D eigenvalue weighted by Gasteiger charge is 2.26. The van der Waals surface area contributed by atoms with Crippen LogP contribution in [0.15, 0.2) is 47.5 Å². The Morgan fingerprint density at radius 3 is 2.76 bits per heavy atom. The fraction of sp³-hybridized carbons (Fsp3) is 0.480. The predicted octanol–water partition coefficient (Wildman–Crippen LogP) is 2.40. The molecule has 8 heteroatoms. The monoisotopic (exact) mass is 454 g/mol. The van der Waals surface area contributed by atoms with E-state index in [9.17, 15) is 9.59 Å². The van der Waals surface area contributed by atoms with Gasteiger partial charge in [0.2, 0.25) is 5.91 Å². The topological polar surface area (TPSA) is 89.1 Å². The Labute approximate surface area is 197 Å². The summed E-state index contributed by atoms with van der Waals surface area (Å²) in [7, 11) is 5.74. The van der Waals surface area contributed by atoms with Gasteiger partial charge >= 0.3 is 0 Å². The van der Waals surface area contributed by atoms with Crippen molar-refractivity contribution >= 4 is 23.7 Å². The standard InChI is InChI=1S/C25H38N6O2/c1-18(2)16-27-25(26-4)28-21-9-7-14-31(17-21)24(33)20-11-12-22(19(3)15-20)29-23(32)10-8-13-30(5)6/h8,10-12,15-16,21,25-26,28H,1,7,9,13-14,17H2,2-6H3,(H,29,32)/b10-8+,27-16-/t21-,25?/m0/s1. The Morgan fingerprint density at radius 1 is 1.36 bits per heavy atom. The number of anilines is 1. The first-order chi connectivity index (χ1) is 15.7. The molecule has 1 saturated heterocycles. The van der Waals surface area contributed by atoms with Crippen molar-refractivity contribution in [3.63, 3.8) is 0 Å². The number of benzene rings is 1. The van der Waals surface area contributed by atoms with Crippen molar-refractivity contribution < 1.29 is 9.59 Å². The predicted molar refractivity (Wildman–Crippen MR) is 136 cm³/mol. The summed E-state index contributed by atoms with van der Waals surface area (Å²) < 4.78 is 0. The second-order valence-electron chi connectivity index (χ2n) is 8.76. The second-order valence-corrected chi connectivity index (χ2v) is 8.76. The molecule has 1 aromatic carbocycles. The number of hydrogen-bond acceptors (Lipinski definition) is 6. The molecule has 1 unspecified atom stereocenters. The number of amides is 2. The van der Waals surface area contributed by atoms with Crippen molar-refractivity contribution in [1.82, 2.24) is 20.4 Å². The fourth-order valence-corrected chi connectivity index (χ4v) is 3.59. The molecule has 1 aromatic rings. The summed E-state index contributed by atoms with van der Waals surface area (Å²) in [6, 6.07) is 5.56. The average molecular weight is 455 g/mol. The van der Waals surface area contributed by atoms with E-state index in [0.717, 1.165) is 30.5 Å². The van der Waals surface area contributed by atoms with Crippen LogP contribution in [0.25, 0.3) is 0 Å². The number of nitrogens with one attached hydrogen (secondary N) is 3. The minimum atomic E-state index is -0.223. The number of aryl methyl sites for hydroxylation is 1. The zero-order valence-corrected chi connectivity index (χ0v) is 20.5. The first kappa shape index (κ1) is 26.4. The van der Waals surface area contributed by atoms with Crippen LogP contribution in [0.4, 0.5) is 5.69 Å². The van der Waals surface area contributed by atoms with Crippen LogP contribution < -0.4 is 16.0 Å². The molecule has 0 spiro atoms. The first-order valence-electron chi connectivity index (χ1n) is 11.3. The van der Waals surface area contributed by atoms with Gasteiger partial charge < -0.3 is 15.1 Å². The highest BCUT2D eigenvalue weighted by molar-refractivity contribution is 6.00. The summed E-state index contributed by atoms with van der Waals surface area (Å²) in [5.41, 5.74) is 3.07. The van der Waals surface area contributed by atoms with E-state index < -0.39 is 0 Å². The molecule has 1 heterocycles. The summed E-state index contributed by atoms with van der Waals surface area (Å²) in [6.45, 7) is 9.68. The highest BCUT2D eigenvalue weighted by Crippen LogP contribution is 2.20. The average Bonchev–Trinajstić information content (AvgIpc) is 2.77. The van der Waals surface area contributed by atoms with Crippen LogP contribution in [0.1, 0.15) is 35.7 Å². The minimum absolute atomic E-state index is 0.000185. The van der Waals surface area contributed by atoms with Gasteiger partial charge in [-0.2, -0.15) is 0 Å². The molecule has 180 valence electrons. The summed E-state index contributed by atoms with van der Waals surface area (Å²) >= 11 is 0. The van der Waals surface area contributed by atoms with Crippen LogP contribution >= 0.6 is 0 Å². The molecule has 0 aliphatic carbocycles. The zero-order chi connectivity index (χ0) is 24.4. The Morgan fingerprint density at radius 2 is 2.12 bits per heavy atom. The quantitative estimate of drug-likeness (QED) is 0.287. The number of rotatable bonds is 10. The lowest BCUT2D eigenvalue weighted by molar-refractivity contribution is -0.111. The van der Waals surface area contributed by atoms with E-state index in [0.29, 0.717) is 24.3 Å². The van der Waals surface area contributed by atoms with E-state index in [1.165, 1.54) is 6.08 Å². The molecular formula is C25H38N6O2. The van der Waals surface area contributed by atoms with Gasteiger partial charge in [0.05, 0.1) is 0 Å². The Balaban J connectivity index is 1.99. The number of aliphatic imine (C=N–C) groups is 1. The molecule has 1 aliphatic heterocycles. The molecule has 2 amide bonds. The fourth-order valence-electron chi connectivity index (χ4n) is 3.59. The third-order valence-electron chi connectivity index (χ3n) is 5.29. The molecular weight excluding hydrogens is 416 g/mol. The van der Waals surface area contributed by atoms with Crippen LogP contribution in [0.2, 0.25) is 0 Å². The molecule has 1 aliphatic rings. The summed E-state index contributed by atoms with van der Waals surface area (Å²) in [5.74, 6) is -0.183. The van der Waals surface area contributed by atoms with Gasteiger partial charge in [-0.25, -0.2) is 0 Å². The number of allylic oxidation sites excluding steroid dienone is 1. The van der Waals surface area contributed by atoms with Crippen LogP contribution in [-0.4, -0.2) is 80.9 Å².